The van der Waals surface area contributed by atoms with E-state index in [9.17, 15) is 46.0 Å². The van der Waals surface area contributed by atoms with E-state index < -0.39 is 105 Å². The second kappa shape index (κ2) is 17.2. The van der Waals surface area contributed by atoms with Gasteiger partial charge in [0.15, 0.2) is 18.9 Å². The third kappa shape index (κ3) is 8.75. The monoisotopic (exact) mass is 615 g/mol. The van der Waals surface area contributed by atoms with E-state index in [0.717, 1.165) is 32.1 Å². The number of ether oxygens (including phenoxy) is 6. The Bertz CT molecular complexity index is 765. The maximum Gasteiger partial charge on any atom is 0.187 e. The van der Waals surface area contributed by atoms with Crippen LogP contribution in [0.3, 0.4) is 0 Å². The van der Waals surface area contributed by atoms with Gasteiger partial charge in [-0.1, -0.05) is 39.0 Å². The minimum Gasteiger partial charge on any atom is -0.394 e. The van der Waals surface area contributed by atoms with Gasteiger partial charge in [0, 0.05) is 13.2 Å². The largest absolute Gasteiger partial charge is 0.394 e. The first-order valence-corrected chi connectivity index (χ1v) is 14.7. The molecule has 0 radical (unpaired) electrons. The molecule has 16 nitrogen and oxygen atoms in total. The zero-order valence-electron chi connectivity index (χ0n) is 23.8. The van der Waals surface area contributed by atoms with E-state index in [4.69, 9.17) is 34.2 Å². The molecule has 15 atom stereocenters. The number of aliphatic hydroxyl groups excluding tert-OH is 9. The molecular weight excluding hydrogens is 566 g/mol. The average Bonchev–Trinajstić information content (AvgIpc) is 2.98. The Labute approximate surface area is 244 Å². The van der Waals surface area contributed by atoms with Crippen LogP contribution in [0.15, 0.2) is 0 Å². The Morgan fingerprint density at radius 2 is 1.12 bits per heavy atom. The molecule has 0 aromatic heterocycles. The van der Waals surface area contributed by atoms with E-state index in [1.807, 2.05) is 0 Å². The molecule has 0 spiro atoms. The van der Waals surface area contributed by atoms with Crippen LogP contribution in [-0.2, 0) is 28.4 Å². The summed E-state index contributed by atoms with van der Waals surface area (Å²) in [5.41, 5.74) is 5.59. The van der Waals surface area contributed by atoms with Crippen molar-refractivity contribution in [3.05, 3.63) is 0 Å². The predicted octanol–water partition coefficient (Wildman–Crippen LogP) is -4.22. The number of nitrogens with two attached hydrogens (primary N) is 1. The van der Waals surface area contributed by atoms with E-state index >= 15 is 0 Å². The zero-order chi connectivity index (χ0) is 31.0. The highest BCUT2D eigenvalue weighted by Gasteiger charge is 2.52. The molecule has 0 saturated carbocycles. The molecule has 16 heteroatoms. The molecule has 0 aliphatic carbocycles. The lowest BCUT2D eigenvalue weighted by molar-refractivity contribution is -0.364. The summed E-state index contributed by atoms with van der Waals surface area (Å²) < 4.78 is 33.6. The van der Waals surface area contributed by atoms with Crippen LogP contribution in [0.2, 0.25) is 0 Å². The smallest absolute Gasteiger partial charge is 0.187 e. The highest BCUT2D eigenvalue weighted by Crippen LogP contribution is 2.31. The molecule has 0 aromatic carbocycles. The second-order valence-electron chi connectivity index (χ2n) is 11.0. The highest BCUT2D eigenvalue weighted by atomic mass is 16.7. The first-order chi connectivity index (χ1) is 20.0. The van der Waals surface area contributed by atoms with Crippen molar-refractivity contribution in [1.29, 1.82) is 0 Å². The van der Waals surface area contributed by atoms with Crippen molar-refractivity contribution in [2.45, 2.75) is 138 Å². The second-order valence-corrected chi connectivity index (χ2v) is 11.0. The van der Waals surface area contributed by atoms with Gasteiger partial charge in [0.25, 0.3) is 0 Å². The molecule has 11 N–H and O–H groups in total. The Morgan fingerprint density at radius 3 is 1.76 bits per heavy atom. The van der Waals surface area contributed by atoms with Gasteiger partial charge >= 0.3 is 0 Å². The fraction of sp³-hybridized carbons (Fsp3) is 1.00. The van der Waals surface area contributed by atoms with Gasteiger partial charge in [-0.15, -0.1) is 0 Å². The molecule has 3 aliphatic rings. The first kappa shape index (κ1) is 35.8. The Morgan fingerprint density at radius 1 is 0.571 bits per heavy atom. The molecule has 3 rings (SSSR count). The zero-order valence-corrected chi connectivity index (χ0v) is 23.8. The van der Waals surface area contributed by atoms with E-state index in [-0.39, 0.29) is 13.2 Å². The van der Waals surface area contributed by atoms with Crippen LogP contribution in [0.4, 0.5) is 0 Å². The van der Waals surface area contributed by atoms with Crippen molar-refractivity contribution in [2.24, 2.45) is 5.73 Å². The fourth-order valence-corrected chi connectivity index (χ4v) is 5.19. The number of aliphatic hydroxyl groups is 9. The third-order valence-corrected chi connectivity index (χ3v) is 7.89. The van der Waals surface area contributed by atoms with Crippen molar-refractivity contribution < 1.29 is 74.4 Å². The summed E-state index contributed by atoms with van der Waals surface area (Å²) in [7, 11) is 0. The van der Waals surface area contributed by atoms with E-state index in [1.165, 1.54) is 0 Å². The standard InChI is InChI=1S/C26H49NO15/c1-2-3-4-5-6-7-8-37-25-22(36)23(42-26-21(35)18(32)15(29)12(9-27)39-26)17(31)14(41-25)11-38-24-20(34)19(33)16(30)13(10-28)40-24/h12-26,28-36H,2-11,27H2,1H3/t12-,13-,14-,15-,16-,17-,18+,19+,20+,21+,22+,23+,24+,25-,26-/m1/s1. The molecule has 0 aromatic rings. The van der Waals surface area contributed by atoms with Gasteiger partial charge in [-0.3, -0.25) is 0 Å². The lowest BCUT2D eigenvalue weighted by atomic mass is 9.96. The predicted molar refractivity (Wildman–Crippen MR) is 140 cm³/mol. The molecule has 0 unspecified atom stereocenters. The summed E-state index contributed by atoms with van der Waals surface area (Å²) >= 11 is 0. The van der Waals surface area contributed by atoms with Crippen LogP contribution >= 0.6 is 0 Å². The Kier molecular flexibility index (Phi) is 14.6. The van der Waals surface area contributed by atoms with E-state index in [2.05, 4.69) is 6.92 Å². The summed E-state index contributed by atoms with van der Waals surface area (Å²) in [5, 5.41) is 92.7. The molecule has 248 valence electrons. The van der Waals surface area contributed by atoms with Crippen LogP contribution < -0.4 is 5.73 Å². The van der Waals surface area contributed by atoms with Crippen LogP contribution in [-0.4, -0.2) is 164 Å². The maximum absolute atomic E-state index is 11.1. The van der Waals surface area contributed by atoms with Gasteiger partial charge in [-0.2, -0.15) is 0 Å². The average molecular weight is 616 g/mol. The number of rotatable bonds is 15. The highest BCUT2D eigenvalue weighted by molar-refractivity contribution is 4.95. The topological polar surface area (TPSA) is 263 Å². The summed E-state index contributed by atoms with van der Waals surface area (Å²) in [6.07, 6.45) is -16.8. The molecule has 3 fully saturated rings. The van der Waals surface area contributed by atoms with Crippen molar-refractivity contribution in [2.75, 3.05) is 26.4 Å². The lowest BCUT2D eigenvalue weighted by Crippen LogP contribution is -2.65. The normalized spacial score (nSPS) is 44.8. The lowest BCUT2D eigenvalue weighted by Gasteiger charge is -2.46. The van der Waals surface area contributed by atoms with Gasteiger partial charge in [0.05, 0.1) is 13.2 Å². The summed E-state index contributed by atoms with van der Waals surface area (Å²) in [4.78, 5) is 0. The van der Waals surface area contributed by atoms with Gasteiger partial charge in [0.2, 0.25) is 0 Å². The van der Waals surface area contributed by atoms with Gasteiger partial charge in [0.1, 0.15) is 73.2 Å². The minimum atomic E-state index is -1.75. The number of hydrogen-bond acceptors (Lipinski definition) is 16. The molecule has 0 bridgehead atoms. The Balaban J connectivity index is 1.69. The first-order valence-electron chi connectivity index (χ1n) is 14.7. The SMILES string of the molecule is CCCCCCCCO[C@@H]1O[C@H](CO[C@H]2O[C@H](CO)[C@@H](O)[C@H](O)[C@@H]2O)[C@@H](O)[C@H](O[C@H]2O[C@H](CN)[C@@H](O)[C@H](O)[C@@H]2O)[C@@H]1O. The van der Waals surface area contributed by atoms with Gasteiger partial charge < -0.3 is 80.1 Å². The molecular formula is C26H49NO15. The summed E-state index contributed by atoms with van der Waals surface area (Å²) in [5.74, 6) is 0. The van der Waals surface area contributed by atoms with Crippen molar-refractivity contribution in [3.63, 3.8) is 0 Å². The molecule has 3 aliphatic heterocycles. The van der Waals surface area contributed by atoms with Crippen molar-refractivity contribution >= 4 is 0 Å². The van der Waals surface area contributed by atoms with E-state index in [1.54, 1.807) is 0 Å². The van der Waals surface area contributed by atoms with Crippen LogP contribution in [0, 0.1) is 0 Å². The fourth-order valence-electron chi connectivity index (χ4n) is 5.19. The van der Waals surface area contributed by atoms with Crippen LogP contribution in [0.1, 0.15) is 45.4 Å². The number of hydrogen-bond donors (Lipinski definition) is 10. The summed E-state index contributed by atoms with van der Waals surface area (Å²) in [6.45, 7) is 0.945. The quantitative estimate of drug-likeness (QED) is 0.0782. The van der Waals surface area contributed by atoms with Gasteiger partial charge in [-0.25, -0.2) is 0 Å². The molecule has 42 heavy (non-hydrogen) atoms. The minimum absolute atomic E-state index is 0.208. The van der Waals surface area contributed by atoms with Crippen LogP contribution in [0.25, 0.3) is 0 Å². The molecule has 3 heterocycles. The van der Waals surface area contributed by atoms with Crippen molar-refractivity contribution in [1.82, 2.24) is 0 Å². The maximum atomic E-state index is 11.1. The Hall–Kier alpha value is -0.640. The summed E-state index contributed by atoms with van der Waals surface area (Å²) in [6, 6.07) is 0. The van der Waals surface area contributed by atoms with Crippen LogP contribution in [0.5, 0.6) is 0 Å². The number of unbranched alkanes of at least 4 members (excludes halogenated alkanes) is 5. The van der Waals surface area contributed by atoms with Gasteiger partial charge in [-0.05, 0) is 6.42 Å². The third-order valence-electron chi connectivity index (χ3n) is 7.89. The van der Waals surface area contributed by atoms with E-state index in [0.29, 0.717) is 6.42 Å². The molecule has 3 saturated heterocycles. The van der Waals surface area contributed by atoms with Crippen molar-refractivity contribution in [3.8, 4) is 0 Å². The molecule has 0 amide bonds.